The quantitative estimate of drug-likeness (QED) is 0.692. The maximum atomic E-state index is 12.7. The van der Waals surface area contributed by atoms with Gasteiger partial charge in [0.05, 0.1) is 16.6 Å². The molecule has 108 valence electrons. The molecule has 3 nitrogen and oxygen atoms in total. The SMILES string of the molecule is Cn1c(-c2ccc(C(F)(F)F)cc2N)nc2ccccc21. The smallest absolute Gasteiger partial charge is 0.398 e. The number of benzene rings is 2. The Kier molecular flexibility index (Phi) is 2.90. The van der Waals surface area contributed by atoms with Crippen molar-refractivity contribution in [1.82, 2.24) is 9.55 Å². The highest BCUT2D eigenvalue weighted by Crippen LogP contribution is 2.34. The number of halogens is 3. The standard InChI is InChI=1S/C15H12F3N3/c1-21-13-5-3-2-4-12(13)20-14(21)10-7-6-9(8-11(10)19)15(16,17)18/h2-8H,19H2,1H3. The second-order valence-corrected chi connectivity index (χ2v) is 4.78. The molecule has 0 bridgehead atoms. The minimum Gasteiger partial charge on any atom is -0.398 e. The molecule has 2 N–H and O–H groups in total. The van der Waals surface area contributed by atoms with Gasteiger partial charge in [-0.1, -0.05) is 12.1 Å². The van der Waals surface area contributed by atoms with Gasteiger partial charge in [0.25, 0.3) is 0 Å². The number of nitrogens with two attached hydrogens (primary N) is 1. The van der Waals surface area contributed by atoms with E-state index in [1.165, 1.54) is 6.07 Å². The van der Waals surface area contributed by atoms with Gasteiger partial charge in [-0.3, -0.25) is 0 Å². The van der Waals surface area contributed by atoms with Crippen LogP contribution in [0, 0.1) is 0 Å². The summed E-state index contributed by atoms with van der Waals surface area (Å²) >= 11 is 0. The molecule has 0 unspecified atom stereocenters. The first kappa shape index (κ1) is 13.5. The van der Waals surface area contributed by atoms with Crippen molar-refractivity contribution in [3.8, 4) is 11.4 Å². The normalized spacial score (nSPS) is 12.0. The lowest BCUT2D eigenvalue weighted by Gasteiger charge is -2.10. The van der Waals surface area contributed by atoms with Gasteiger partial charge in [-0.05, 0) is 30.3 Å². The first-order valence-corrected chi connectivity index (χ1v) is 6.26. The average molecular weight is 291 g/mol. The van der Waals surface area contributed by atoms with Crippen LogP contribution in [0.1, 0.15) is 5.56 Å². The van der Waals surface area contributed by atoms with Gasteiger partial charge in [0.2, 0.25) is 0 Å². The zero-order chi connectivity index (χ0) is 15.2. The Labute approximate surface area is 118 Å². The lowest BCUT2D eigenvalue weighted by atomic mass is 10.1. The molecule has 1 heterocycles. The summed E-state index contributed by atoms with van der Waals surface area (Å²) in [5.41, 5.74) is 7.24. The lowest BCUT2D eigenvalue weighted by Crippen LogP contribution is -2.06. The molecule has 0 aliphatic heterocycles. The number of hydrogen-bond donors (Lipinski definition) is 1. The molecule has 0 amide bonds. The van der Waals surface area contributed by atoms with Crippen LogP contribution < -0.4 is 5.73 Å². The van der Waals surface area contributed by atoms with Gasteiger partial charge in [0.15, 0.2) is 0 Å². The Hall–Kier alpha value is -2.50. The van der Waals surface area contributed by atoms with Gasteiger partial charge in [-0.15, -0.1) is 0 Å². The van der Waals surface area contributed by atoms with Crippen LogP contribution in [0.5, 0.6) is 0 Å². The summed E-state index contributed by atoms with van der Waals surface area (Å²) in [6.45, 7) is 0. The molecule has 0 saturated carbocycles. The number of aryl methyl sites for hydroxylation is 1. The van der Waals surface area contributed by atoms with Crippen LogP contribution in [0.2, 0.25) is 0 Å². The van der Waals surface area contributed by atoms with Gasteiger partial charge >= 0.3 is 6.18 Å². The fourth-order valence-corrected chi connectivity index (χ4v) is 2.33. The molecular weight excluding hydrogens is 279 g/mol. The zero-order valence-corrected chi connectivity index (χ0v) is 11.1. The van der Waals surface area contributed by atoms with E-state index in [0.717, 1.165) is 23.2 Å². The van der Waals surface area contributed by atoms with Gasteiger partial charge in [0.1, 0.15) is 5.82 Å². The average Bonchev–Trinajstić information content (AvgIpc) is 2.75. The molecule has 6 heteroatoms. The minimum absolute atomic E-state index is 0.0585. The third-order valence-electron chi connectivity index (χ3n) is 3.41. The molecule has 0 radical (unpaired) electrons. The molecule has 0 saturated heterocycles. The topological polar surface area (TPSA) is 43.8 Å². The molecule has 0 spiro atoms. The molecule has 1 aromatic heterocycles. The number of alkyl halides is 3. The largest absolute Gasteiger partial charge is 0.416 e. The summed E-state index contributed by atoms with van der Waals surface area (Å²) < 4.78 is 39.8. The fourth-order valence-electron chi connectivity index (χ4n) is 2.33. The molecular formula is C15H12F3N3. The third kappa shape index (κ3) is 2.22. The first-order chi connectivity index (χ1) is 9.88. The molecule has 3 aromatic rings. The highest BCUT2D eigenvalue weighted by molar-refractivity contribution is 5.83. The second kappa shape index (κ2) is 4.51. The van der Waals surface area contributed by atoms with Crippen molar-refractivity contribution in [2.75, 3.05) is 5.73 Å². The third-order valence-corrected chi connectivity index (χ3v) is 3.41. The Bertz CT molecular complexity index is 819. The number of nitrogens with zero attached hydrogens (tertiary/aromatic N) is 2. The van der Waals surface area contributed by atoms with E-state index in [1.54, 1.807) is 0 Å². The number of para-hydroxylation sites is 2. The van der Waals surface area contributed by atoms with Crippen LogP contribution >= 0.6 is 0 Å². The molecule has 0 aliphatic rings. The number of aromatic nitrogens is 2. The number of anilines is 1. The van der Waals surface area contributed by atoms with Crippen LogP contribution in [0.25, 0.3) is 22.4 Å². The highest BCUT2D eigenvalue weighted by Gasteiger charge is 2.31. The number of imidazole rings is 1. The van der Waals surface area contributed by atoms with E-state index < -0.39 is 11.7 Å². The van der Waals surface area contributed by atoms with E-state index in [9.17, 15) is 13.2 Å². The predicted octanol–water partition coefficient (Wildman–Crippen LogP) is 3.84. The number of rotatable bonds is 1. The van der Waals surface area contributed by atoms with Crippen molar-refractivity contribution >= 4 is 16.7 Å². The van der Waals surface area contributed by atoms with Crippen LogP contribution in [0.15, 0.2) is 42.5 Å². The maximum absolute atomic E-state index is 12.7. The minimum atomic E-state index is -4.40. The summed E-state index contributed by atoms with van der Waals surface area (Å²) in [7, 11) is 1.81. The second-order valence-electron chi connectivity index (χ2n) is 4.78. The monoisotopic (exact) mass is 291 g/mol. The van der Waals surface area contributed by atoms with E-state index in [1.807, 2.05) is 35.9 Å². The van der Waals surface area contributed by atoms with Gasteiger partial charge in [-0.2, -0.15) is 13.2 Å². The summed E-state index contributed by atoms with van der Waals surface area (Å²) in [4.78, 5) is 4.44. The van der Waals surface area contributed by atoms with Crippen molar-refractivity contribution < 1.29 is 13.2 Å². The van der Waals surface area contributed by atoms with Gasteiger partial charge in [0, 0.05) is 18.3 Å². The van der Waals surface area contributed by atoms with Crippen LogP contribution in [-0.4, -0.2) is 9.55 Å². The van der Waals surface area contributed by atoms with E-state index in [0.29, 0.717) is 11.4 Å². The van der Waals surface area contributed by atoms with Crippen LogP contribution in [0.4, 0.5) is 18.9 Å². The van der Waals surface area contributed by atoms with E-state index in [-0.39, 0.29) is 5.69 Å². The van der Waals surface area contributed by atoms with Crippen LogP contribution in [0.3, 0.4) is 0 Å². The Morgan fingerprint density at radius 3 is 2.43 bits per heavy atom. The number of nitrogen functional groups attached to an aromatic ring is 1. The van der Waals surface area contributed by atoms with Crippen molar-refractivity contribution in [3.63, 3.8) is 0 Å². The van der Waals surface area contributed by atoms with E-state index >= 15 is 0 Å². The van der Waals surface area contributed by atoms with Crippen molar-refractivity contribution in [1.29, 1.82) is 0 Å². The summed E-state index contributed by atoms with van der Waals surface area (Å²) in [6.07, 6.45) is -4.40. The molecule has 0 atom stereocenters. The van der Waals surface area contributed by atoms with Gasteiger partial charge in [-0.25, -0.2) is 4.98 Å². The summed E-state index contributed by atoms with van der Waals surface area (Å²) in [5, 5.41) is 0. The fraction of sp³-hybridized carbons (Fsp3) is 0.133. The molecule has 0 aliphatic carbocycles. The Balaban J connectivity index is 2.17. The number of hydrogen-bond acceptors (Lipinski definition) is 2. The molecule has 21 heavy (non-hydrogen) atoms. The highest BCUT2D eigenvalue weighted by atomic mass is 19.4. The summed E-state index contributed by atoms with van der Waals surface area (Å²) in [5.74, 6) is 0.544. The molecule has 3 rings (SSSR count). The lowest BCUT2D eigenvalue weighted by molar-refractivity contribution is -0.137. The van der Waals surface area contributed by atoms with Gasteiger partial charge < -0.3 is 10.3 Å². The Morgan fingerprint density at radius 1 is 1.10 bits per heavy atom. The van der Waals surface area contributed by atoms with Crippen molar-refractivity contribution in [3.05, 3.63) is 48.0 Å². The van der Waals surface area contributed by atoms with Crippen molar-refractivity contribution in [2.24, 2.45) is 7.05 Å². The van der Waals surface area contributed by atoms with Crippen LogP contribution in [-0.2, 0) is 13.2 Å². The molecule has 2 aromatic carbocycles. The predicted molar refractivity (Wildman–Crippen MR) is 75.6 cm³/mol. The zero-order valence-electron chi connectivity index (χ0n) is 11.1. The maximum Gasteiger partial charge on any atom is 0.416 e. The van der Waals surface area contributed by atoms with E-state index in [2.05, 4.69) is 4.98 Å². The molecule has 0 fully saturated rings. The number of fused-ring (bicyclic) bond motifs is 1. The summed E-state index contributed by atoms with van der Waals surface area (Å²) in [6, 6.07) is 10.8. The Morgan fingerprint density at radius 2 is 1.81 bits per heavy atom. The van der Waals surface area contributed by atoms with E-state index in [4.69, 9.17) is 5.73 Å². The first-order valence-electron chi connectivity index (χ1n) is 6.26. The van der Waals surface area contributed by atoms with Crippen molar-refractivity contribution in [2.45, 2.75) is 6.18 Å².